The van der Waals surface area contributed by atoms with Crippen LogP contribution in [0.4, 0.5) is 17.1 Å². The summed E-state index contributed by atoms with van der Waals surface area (Å²) in [7, 11) is -6.04. The van der Waals surface area contributed by atoms with E-state index in [1.807, 2.05) is 0 Å². The Bertz CT molecular complexity index is 1530. The van der Waals surface area contributed by atoms with Crippen LogP contribution in [-0.4, -0.2) is 42.7 Å². The van der Waals surface area contributed by atoms with Crippen molar-refractivity contribution in [3.8, 4) is 5.75 Å². The Hall–Kier alpha value is -2.99. The third-order valence-electron chi connectivity index (χ3n) is 5.55. The molecule has 0 fully saturated rings. The molecule has 0 saturated heterocycles. The SMILES string of the molecule is COc1ccc(N(CCCC(=O)Nc2ccc(S(=O)(=O)Nc3cccc(Cl)c3C)cc2)S(C)(=O)=O)cc1Cl. The van der Waals surface area contributed by atoms with Crippen molar-refractivity contribution >= 4 is 66.2 Å². The molecular formula is C25H27Cl2N3O6S2. The summed E-state index contributed by atoms with van der Waals surface area (Å²) >= 11 is 12.2. The van der Waals surface area contributed by atoms with Crippen LogP contribution >= 0.6 is 23.2 Å². The summed E-state index contributed by atoms with van der Waals surface area (Å²) in [6, 6.07) is 15.2. The lowest BCUT2D eigenvalue weighted by molar-refractivity contribution is -0.116. The number of amides is 1. The quantitative estimate of drug-likeness (QED) is 0.308. The number of nitrogens with one attached hydrogen (secondary N) is 2. The van der Waals surface area contributed by atoms with Crippen molar-refractivity contribution in [2.75, 3.05) is 34.3 Å². The summed E-state index contributed by atoms with van der Waals surface area (Å²) in [6.07, 6.45) is 1.34. The fraction of sp³-hybridized carbons (Fsp3) is 0.240. The number of anilines is 3. The molecule has 0 bridgehead atoms. The summed E-state index contributed by atoms with van der Waals surface area (Å²) in [4.78, 5) is 12.5. The summed E-state index contributed by atoms with van der Waals surface area (Å²) in [5.41, 5.74) is 1.73. The van der Waals surface area contributed by atoms with Crippen LogP contribution in [0.25, 0.3) is 0 Å². The molecule has 0 radical (unpaired) electrons. The second-order valence-electron chi connectivity index (χ2n) is 8.35. The molecule has 9 nitrogen and oxygen atoms in total. The van der Waals surface area contributed by atoms with Gasteiger partial charge in [0.1, 0.15) is 5.75 Å². The van der Waals surface area contributed by atoms with Crippen LogP contribution in [0.2, 0.25) is 10.0 Å². The van der Waals surface area contributed by atoms with Gasteiger partial charge in [-0.2, -0.15) is 0 Å². The van der Waals surface area contributed by atoms with E-state index in [4.69, 9.17) is 27.9 Å². The Labute approximate surface area is 232 Å². The van der Waals surface area contributed by atoms with Gasteiger partial charge in [-0.15, -0.1) is 0 Å². The van der Waals surface area contributed by atoms with Gasteiger partial charge in [-0.3, -0.25) is 13.8 Å². The van der Waals surface area contributed by atoms with Crippen LogP contribution in [0.15, 0.2) is 65.6 Å². The molecule has 0 aliphatic heterocycles. The molecule has 0 heterocycles. The van der Waals surface area contributed by atoms with Gasteiger partial charge in [0, 0.05) is 23.7 Å². The van der Waals surface area contributed by atoms with E-state index in [0.29, 0.717) is 33.4 Å². The van der Waals surface area contributed by atoms with Gasteiger partial charge in [-0.05, 0) is 73.5 Å². The van der Waals surface area contributed by atoms with E-state index in [-0.39, 0.29) is 35.2 Å². The normalized spacial score (nSPS) is 11.6. The van der Waals surface area contributed by atoms with E-state index in [1.54, 1.807) is 37.3 Å². The smallest absolute Gasteiger partial charge is 0.261 e. The molecule has 13 heteroatoms. The minimum Gasteiger partial charge on any atom is -0.495 e. The molecular weight excluding hydrogens is 573 g/mol. The number of rotatable bonds is 11. The van der Waals surface area contributed by atoms with E-state index >= 15 is 0 Å². The third kappa shape index (κ3) is 7.53. The van der Waals surface area contributed by atoms with Gasteiger partial charge in [0.05, 0.1) is 34.7 Å². The number of hydrogen-bond acceptors (Lipinski definition) is 6. The first kappa shape index (κ1) is 29.6. The van der Waals surface area contributed by atoms with Crippen molar-refractivity contribution in [1.82, 2.24) is 0 Å². The second-order valence-corrected chi connectivity index (χ2v) is 12.8. The number of carbonyl (C=O) groups is 1. The molecule has 204 valence electrons. The fourth-order valence-corrected chi connectivity index (χ4v) is 6.05. The van der Waals surface area contributed by atoms with Gasteiger partial charge >= 0.3 is 0 Å². The number of halogens is 2. The standard InChI is InChI=1S/C25H27Cl2N3O6S2/c1-17-21(26)6-4-7-23(17)29-38(34,35)20-12-9-18(10-13-20)28-25(31)8-5-15-30(37(3,32)33)19-11-14-24(36-2)22(27)16-19/h4,6-7,9-14,16,29H,5,8,15H2,1-3H3,(H,28,31). The molecule has 2 N–H and O–H groups in total. The van der Waals surface area contributed by atoms with Gasteiger partial charge < -0.3 is 10.1 Å². The number of carbonyl (C=O) groups excluding carboxylic acids is 1. The van der Waals surface area contributed by atoms with Crippen LogP contribution in [0, 0.1) is 6.92 Å². The first-order chi connectivity index (χ1) is 17.8. The van der Waals surface area contributed by atoms with Crippen molar-refractivity contribution in [3.05, 3.63) is 76.3 Å². The van der Waals surface area contributed by atoms with E-state index in [0.717, 1.165) is 6.26 Å². The van der Waals surface area contributed by atoms with Crippen molar-refractivity contribution in [2.24, 2.45) is 0 Å². The highest BCUT2D eigenvalue weighted by molar-refractivity contribution is 7.92. The number of hydrogen-bond donors (Lipinski definition) is 2. The van der Waals surface area contributed by atoms with Crippen molar-refractivity contribution in [3.63, 3.8) is 0 Å². The van der Waals surface area contributed by atoms with Gasteiger partial charge in [-0.25, -0.2) is 16.8 Å². The zero-order valence-electron chi connectivity index (χ0n) is 20.9. The van der Waals surface area contributed by atoms with Crippen LogP contribution in [0.5, 0.6) is 5.75 Å². The summed E-state index contributed by atoms with van der Waals surface area (Å²) in [5.74, 6) is 0.0620. The zero-order valence-corrected chi connectivity index (χ0v) is 24.0. The summed E-state index contributed by atoms with van der Waals surface area (Å²) in [5, 5.41) is 3.39. The molecule has 0 aliphatic rings. The lowest BCUT2D eigenvalue weighted by Gasteiger charge is -2.23. The highest BCUT2D eigenvalue weighted by Gasteiger charge is 2.20. The Morgan fingerprint density at radius 2 is 1.66 bits per heavy atom. The molecule has 0 aromatic heterocycles. The maximum Gasteiger partial charge on any atom is 0.261 e. The molecule has 0 spiro atoms. The molecule has 38 heavy (non-hydrogen) atoms. The van der Waals surface area contributed by atoms with Crippen LogP contribution < -0.4 is 19.1 Å². The molecule has 0 saturated carbocycles. The molecule has 3 rings (SSSR count). The lowest BCUT2D eigenvalue weighted by atomic mass is 10.2. The number of sulfonamides is 2. The topological polar surface area (TPSA) is 122 Å². The average Bonchev–Trinajstić information content (AvgIpc) is 2.84. The van der Waals surface area contributed by atoms with Crippen LogP contribution in [0.3, 0.4) is 0 Å². The Morgan fingerprint density at radius 1 is 0.974 bits per heavy atom. The van der Waals surface area contributed by atoms with Crippen molar-refractivity contribution in [1.29, 1.82) is 0 Å². The van der Waals surface area contributed by atoms with Gasteiger partial charge in [0.15, 0.2) is 0 Å². The highest BCUT2D eigenvalue weighted by atomic mass is 35.5. The van der Waals surface area contributed by atoms with Crippen molar-refractivity contribution in [2.45, 2.75) is 24.7 Å². The molecule has 0 unspecified atom stereocenters. The minimum absolute atomic E-state index is 0.0109. The first-order valence-electron chi connectivity index (χ1n) is 11.3. The molecule has 0 aliphatic carbocycles. The number of benzene rings is 3. The number of methoxy groups -OCH3 is 1. The van der Waals surface area contributed by atoms with Gasteiger partial charge in [0.2, 0.25) is 15.9 Å². The maximum absolute atomic E-state index is 12.7. The molecule has 3 aromatic rings. The predicted octanol–water partition coefficient (Wildman–Crippen LogP) is 5.30. The van der Waals surface area contributed by atoms with Crippen LogP contribution in [0.1, 0.15) is 18.4 Å². The fourth-order valence-electron chi connectivity index (χ4n) is 3.54. The predicted molar refractivity (Wildman–Crippen MR) is 151 cm³/mol. The van der Waals surface area contributed by atoms with E-state index in [9.17, 15) is 21.6 Å². The molecule has 1 amide bonds. The maximum atomic E-state index is 12.7. The Kier molecular flexibility index (Phi) is 9.53. The Morgan fingerprint density at radius 3 is 2.26 bits per heavy atom. The monoisotopic (exact) mass is 599 g/mol. The molecule has 3 aromatic carbocycles. The van der Waals surface area contributed by atoms with E-state index in [2.05, 4.69) is 10.0 Å². The molecule has 0 atom stereocenters. The minimum atomic E-state index is -3.87. The summed E-state index contributed by atoms with van der Waals surface area (Å²) in [6.45, 7) is 1.76. The third-order valence-corrected chi connectivity index (χ3v) is 8.83. The number of ether oxygens (including phenoxy) is 1. The van der Waals surface area contributed by atoms with Gasteiger partial charge in [-0.1, -0.05) is 29.3 Å². The summed E-state index contributed by atoms with van der Waals surface area (Å²) < 4.78 is 58.9. The lowest BCUT2D eigenvalue weighted by Crippen LogP contribution is -2.31. The number of nitrogens with zero attached hydrogens (tertiary/aromatic N) is 1. The highest BCUT2D eigenvalue weighted by Crippen LogP contribution is 2.30. The van der Waals surface area contributed by atoms with Crippen LogP contribution in [-0.2, 0) is 24.8 Å². The Balaban J connectivity index is 1.60. The van der Waals surface area contributed by atoms with E-state index < -0.39 is 20.0 Å². The largest absolute Gasteiger partial charge is 0.495 e. The first-order valence-corrected chi connectivity index (χ1v) is 15.4. The average molecular weight is 601 g/mol. The zero-order chi connectivity index (χ0) is 28.1. The van der Waals surface area contributed by atoms with E-state index in [1.165, 1.54) is 41.7 Å². The van der Waals surface area contributed by atoms with Gasteiger partial charge in [0.25, 0.3) is 10.0 Å². The second kappa shape index (κ2) is 12.2. The van der Waals surface area contributed by atoms with Crippen molar-refractivity contribution < 1.29 is 26.4 Å².